The van der Waals surface area contributed by atoms with Gasteiger partial charge in [-0.3, -0.25) is 4.79 Å². The van der Waals surface area contributed by atoms with Crippen LogP contribution in [0.2, 0.25) is 0 Å². The number of amides is 1. The molecule has 3 aromatic rings. The molecule has 2 aromatic carbocycles. The van der Waals surface area contributed by atoms with Crippen LogP contribution in [0.1, 0.15) is 18.9 Å². The van der Waals surface area contributed by atoms with Crippen molar-refractivity contribution >= 4 is 34.0 Å². The van der Waals surface area contributed by atoms with Crippen LogP contribution < -0.4 is 10.1 Å². The molecule has 1 aromatic heterocycles. The predicted octanol–water partition coefficient (Wildman–Crippen LogP) is 5.50. The van der Waals surface area contributed by atoms with Gasteiger partial charge in [-0.15, -0.1) is 0 Å². The van der Waals surface area contributed by atoms with Crippen molar-refractivity contribution in [2.24, 2.45) is 0 Å². The normalized spacial score (nSPS) is 10.6. The first-order valence-electron chi connectivity index (χ1n) is 8.81. The third kappa shape index (κ3) is 5.34. The number of rotatable bonds is 8. The van der Waals surface area contributed by atoms with Gasteiger partial charge in [-0.1, -0.05) is 72.5 Å². The van der Waals surface area contributed by atoms with Gasteiger partial charge in [-0.25, -0.2) is 4.98 Å². The van der Waals surface area contributed by atoms with E-state index in [4.69, 9.17) is 9.72 Å². The summed E-state index contributed by atoms with van der Waals surface area (Å²) in [6.07, 6.45) is 1.11. The summed E-state index contributed by atoms with van der Waals surface area (Å²) in [7, 11) is 1.65. The smallest absolute Gasteiger partial charge is 0.225 e. The van der Waals surface area contributed by atoms with E-state index in [9.17, 15) is 4.79 Å². The Labute approximate surface area is 168 Å². The largest absolute Gasteiger partial charge is 0.497 e. The monoisotopic (exact) mass is 398 g/mol. The number of ether oxygens (including phenoxy) is 1. The number of carbonyl (C=O) groups is 1. The van der Waals surface area contributed by atoms with Crippen LogP contribution in [0.5, 0.6) is 5.75 Å². The maximum absolute atomic E-state index is 12.5. The van der Waals surface area contributed by atoms with E-state index < -0.39 is 0 Å². The second kappa shape index (κ2) is 9.58. The van der Waals surface area contributed by atoms with E-state index in [2.05, 4.69) is 12.2 Å². The first-order valence-corrected chi connectivity index (χ1v) is 10.6. The van der Waals surface area contributed by atoms with Crippen LogP contribution in [0.25, 0.3) is 11.3 Å². The van der Waals surface area contributed by atoms with Crippen molar-refractivity contribution in [3.63, 3.8) is 0 Å². The Morgan fingerprint density at radius 2 is 1.89 bits per heavy atom. The molecule has 1 N–H and O–H groups in total. The Bertz CT molecular complexity index is 877. The first-order chi connectivity index (χ1) is 13.2. The molecule has 0 spiro atoms. The number of aromatic nitrogens is 1. The third-order valence-corrected chi connectivity index (χ3v) is 5.97. The van der Waals surface area contributed by atoms with Gasteiger partial charge in [0.25, 0.3) is 0 Å². The minimum absolute atomic E-state index is 0.000280. The highest BCUT2D eigenvalue weighted by atomic mass is 32.2. The lowest BCUT2D eigenvalue weighted by atomic mass is 10.1. The summed E-state index contributed by atoms with van der Waals surface area (Å²) >= 11 is 3.23. The molecule has 1 heterocycles. The van der Waals surface area contributed by atoms with Crippen molar-refractivity contribution in [1.29, 1.82) is 0 Å². The summed E-state index contributed by atoms with van der Waals surface area (Å²) in [6.45, 7) is 2.10. The molecule has 0 bridgehead atoms. The number of hydrogen-bond donors (Lipinski definition) is 1. The van der Waals surface area contributed by atoms with Crippen LogP contribution in [-0.4, -0.2) is 23.8 Å². The quantitative estimate of drug-likeness (QED) is 0.509. The van der Waals surface area contributed by atoms with Crippen molar-refractivity contribution in [2.75, 3.05) is 18.2 Å². The maximum atomic E-state index is 12.5. The average molecular weight is 399 g/mol. The van der Waals surface area contributed by atoms with Crippen molar-refractivity contribution in [3.8, 4) is 17.0 Å². The lowest BCUT2D eigenvalue weighted by molar-refractivity contribution is -0.116. The molecule has 3 rings (SSSR count). The van der Waals surface area contributed by atoms with E-state index in [1.165, 1.54) is 11.3 Å². The fourth-order valence-electron chi connectivity index (χ4n) is 2.60. The van der Waals surface area contributed by atoms with Gasteiger partial charge in [0.2, 0.25) is 5.91 Å². The summed E-state index contributed by atoms with van der Waals surface area (Å²) in [4.78, 5) is 17.2. The Hall–Kier alpha value is -2.31. The van der Waals surface area contributed by atoms with E-state index in [1.54, 1.807) is 18.9 Å². The van der Waals surface area contributed by atoms with Crippen molar-refractivity contribution < 1.29 is 9.53 Å². The maximum Gasteiger partial charge on any atom is 0.225 e. The molecule has 140 valence electrons. The fraction of sp³-hybridized carbons (Fsp3) is 0.238. The van der Waals surface area contributed by atoms with E-state index >= 15 is 0 Å². The minimum Gasteiger partial charge on any atom is -0.497 e. The highest BCUT2D eigenvalue weighted by Gasteiger charge is 2.15. The van der Waals surface area contributed by atoms with Gasteiger partial charge in [0.1, 0.15) is 16.4 Å². The van der Waals surface area contributed by atoms with Crippen LogP contribution in [0.15, 0.2) is 58.9 Å². The number of thiazole rings is 1. The molecule has 27 heavy (non-hydrogen) atoms. The van der Waals surface area contributed by atoms with Gasteiger partial charge >= 0.3 is 0 Å². The van der Waals surface area contributed by atoms with Gasteiger partial charge < -0.3 is 10.1 Å². The lowest BCUT2D eigenvalue weighted by Crippen LogP contribution is -2.12. The first kappa shape index (κ1) is 19.5. The number of nitrogens with one attached hydrogen (secondary N) is 1. The van der Waals surface area contributed by atoms with Gasteiger partial charge in [-0.2, -0.15) is 0 Å². The molecule has 0 aliphatic rings. The molecule has 0 aliphatic carbocycles. The fourth-order valence-corrected chi connectivity index (χ4v) is 4.58. The van der Waals surface area contributed by atoms with Gasteiger partial charge in [0.15, 0.2) is 4.34 Å². The van der Waals surface area contributed by atoms with Crippen LogP contribution >= 0.6 is 23.1 Å². The lowest BCUT2D eigenvalue weighted by Gasteiger charge is -2.06. The molecular weight excluding hydrogens is 376 g/mol. The van der Waals surface area contributed by atoms with E-state index in [0.717, 1.165) is 37.7 Å². The molecule has 0 unspecified atom stereocenters. The van der Waals surface area contributed by atoms with Gasteiger partial charge in [-0.05, 0) is 29.9 Å². The standard InChI is InChI=1S/C21H22N2O2S2/c1-3-26-21-23-19(16-7-5-4-6-8-16)20(27-21)22-18(24)14-11-15-9-12-17(25-2)13-10-15/h4-10,12-13H,3,11,14H2,1-2H3,(H,22,24). The van der Waals surface area contributed by atoms with E-state index in [0.29, 0.717) is 12.8 Å². The van der Waals surface area contributed by atoms with Crippen LogP contribution in [0.3, 0.4) is 0 Å². The zero-order valence-corrected chi connectivity index (χ0v) is 17.0. The highest BCUT2D eigenvalue weighted by molar-refractivity contribution is 8.01. The Morgan fingerprint density at radius 1 is 1.15 bits per heavy atom. The van der Waals surface area contributed by atoms with Crippen LogP contribution in [0, 0.1) is 0 Å². The molecule has 0 atom stereocenters. The molecule has 0 radical (unpaired) electrons. The number of aryl methyl sites for hydroxylation is 1. The number of hydrogen-bond acceptors (Lipinski definition) is 5. The third-order valence-electron chi connectivity index (χ3n) is 3.98. The number of anilines is 1. The summed E-state index contributed by atoms with van der Waals surface area (Å²) in [5.74, 6) is 1.77. The van der Waals surface area contributed by atoms with Gasteiger partial charge in [0.05, 0.1) is 7.11 Å². The Kier molecular flexibility index (Phi) is 6.90. The summed E-state index contributed by atoms with van der Waals surface area (Å²) in [6, 6.07) is 17.8. The van der Waals surface area contributed by atoms with Crippen molar-refractivity contribution in [2.45, 2.75) is 24.1 Å². The van der Waals surface area contributed by atoms with E-state index in [-0.39, 0.29) is 5.91 Å². The van der Waals surface area contributed by atoms with Gasteiger partial charge in [0, 0.05) is 12.0 Å². The SMILES string of the molecule is CCSc1nc(-c2ccccc2)c(NC(=O)CCc2ccc(OC)cc2)s1. The number of thioether (sulfide) groups is 1. The number of benzene rings is 2. The second-order valence-corrected chi connectivity index (χ2v) is 8.36. The molecule has 4 nitrogen and oxygen atoms in total. The topological polar surface area (TPSA) is 51.2 Å². The molecule has 0 saturated heterocycles. The number of carbonyl (C=O) groups excluding carboxylic acids is 1. The number of nitrogens with zero attached hydrogens (tertiary/aromatic N) is 1. The molecule has 0 fully saturated rings. The Balaban J connectivity index is 1.69. The predicted molar refractivity (Wildman–Crippen MR) is 114 cm³/mol. The average Bonchev–Trinajstić information content (AvgIpc) is 3.10. The second-order valence-electron chi connectivity index (χ2n) is 5.85. The van der Waals surface area contributed by atoms with Crippen molar-refractivity contribution in [3.05, 3.63) is 60.2 Å². The minimum atomic E-state index is -0.000280. The molecule has 0 aliphatic heterocycles. The van der Waals surface area contributed by atoms with Crippen LogP contribution in [-0.2, 0) is 11.2 Å². The molecule has 0 saturated carbocycles. The Morgan fingerprint density at radius 3 is 2.56 bits per heavy atom. The summed E-state index contributed by atoms with van der Waals surface area (Å²) in [5.41, 5.74) is 2.97. The number of methoxy groups -OCH3 is 1. The molecule has 1 amide bonds. The van der Waals surface area contributed by atoms with Crippen LogP contribution in [0.4, 0.5) is 5.00 Å². The zero-order chi connectivity index (χ0) is 19.1. The van der Waals surface area contributed by atoms with Crippen molar-refractivity contribution in [1.82, 2.24) is 4.98 Å². The molecule has 6 heteroatoms. The summed E-state index contributed by atoms with van der Waals surface area (Å²) in [5, 5.41) is 3.88. The van der Waals surface area contributed by atoms with E-state index in [1.807, 2.05) is 54.6 Å². The summed E-state index contributed by atoms with van der Waals surface area (Å²) < 4.78 is 6.14. The zero-order valence-electron chi connectivity index (χ0n) is 15.4. The molecular formula is C21H22N2O2S2. The highest BCUT2D eigenvalue weighted by Crippen LogP contribution is 2.37.